The van der Waals surface area contributed by atoms with Gasteiger partial charge in [-0.15, -0.1) is 0 Å². The molecule has 0 aliphatic heterocycles. The normalized spacial score (nSPS) is 30.7. The molecule has 4 aliphatic carbocycles. The van der Waals surface area contributed by atoms with Crippen LogP contribution in [-0.4, -0.2) is 11.6 Å². The number of carbonyl (C=O) groups is 2. The van der Waals surface area contributed by atoms with Gasteiger partial charge in [0.15, 0.2) is 11.6 Å². The van der Waals surface area contributed by atoms with E-state index in [1.165, 1.54) is 34.4 Å². The summed E-state index contributed by atoms with van der Waals surface area (Å²) < 4.78 is 0. The first-order chi connectivity index (χ1) is 10.8. The van der Waals surface area contributed by atoms with E-state index in [-0.39, 0.29) is 35.2 Å². The fourth-order valence-electron chi connectivity index (χ4n) is 4.75. The maximum Gasteiger partial charge on any atom is 0.160 e. The summed E-state index contributed by atoms with van der Waals surface area (Å²) in [7, 11) is 0. The molecule has 0 aromatic heterocycles. The number of carbonyl (C=O) groups excluding carboxylic acids is 2. The molecule has 2 atom stereocenters. The minimum Gasteiger partial charge on any atom is -0.294 e. The van der Waals surface area contributed by atoms with Crippen LogP contribution >= 0.6 is 0 Å². The molecule has 0 saturated carbocycles. The van der Waals surface area contributed by atoms with E-state index < -0.39 is 0 Å². The van der Waals surface area contributed by atoms with Crippen molar-refractivity contribution < 1.29 is 9.59 Å². The summed E-state index contributed by atoms with van der Waals surface area (Å²) in [6.45, 7) is 0. The van der Waals surface area contributed by atoms with Crippen LogP contribution in [0.15, 0.2) is 60.7 Å². The number of ketones is 2. The van der Waals surface area contributed by atoms with Crippen LogP contribution in [-0.2, 0) is 9.59 Å². The van der Waals surface area contributed by atoms with Crippen molar-refractivity contribution >= 4 is 11.6 Å². The van der Waals surface area contributed by atoms with Crippen LogP contribution in [0.5, 0.6) is 0 Å². The van der Waals surface area contributed by atoms with Gasteiger partial charge in [0.1, 0.15) is 0 Å². The molecule has 2 nitrogen and oxygen atoms in total. The number of allylic oxidation sites excluding steroid dienone is 2. The van der Waals surface area contributed by atoms with Crippen LogP contribution in [0.3, 0.4) is 0 Å². The Labute approximate surface area is 128 Å². The van der Waals surface area contributed by atoms with Crippen molar-refractivity contribution in [3.63, 3.8) is 0 Å². The lowest BCUT2D eigenvalue weighted by molar-refractivity contribution is -0.131. The number of rotatable bonds is 0. The first-order valence-electron chi connectivity index (χ1n) is 7.71. The molecule has 0 fully saturated rings. The zero-order valence-corrected chi connectivity index (χ0v) is 11.9. The van der Waals surface area contributed by atoms with Crippen molar-refractivity contribution in [1.82, 2.24) is 0 Å². The third-order valence-electron chi connectivity index (χ3n) is 5.51. The van der Waals surface area contributed by atoms with E-state index in [0.717, 1.165) is 0 Å². The van der Waals surface area contributed by atoms with E-state index in [1.54, 1.807) is 0 Å². The molecule has 2 aromatic carbocycles. The van der Waals surface area contributed by atoms with E-state index in [0.29, 0.717) is 0 Å². The van der Waals surface area contributed by atoms with E-state index in [1.807, 2.05) is 24.3 Å². The average Bonchev–Trinajstić information content (AvgIpc) is 2.58. The molecular weight excluding hydrogens is 272 g/mol. The molecule has 4 aliphatic rings. The molecule has 0 spiro atoms. The van der Waals surface area contributed by atoms with Crippen molar-refractivity contribution in [2.75, 3.05) is 0 Å². The van der Waals surface area contributed by atoms with Gasteiger partial charge in [0, 0.05) is 23.7 Å². The van der Waals surface area contributed by atoms with Crippen LogP contribution < -0.4 is 0 Å². The van der Waals surface area contributed by atoms with Gasteiger partial charge in [-0.05, 0) is 34.4 Å². The third-order valence-corrected chi connectivity index (χ3v) is 5.51. The number of hydrogen-bond acceptors (Lipinski definition) is 2. The predicted octanol–water partition coefficient (Wildman–Crippen LogP) is 3.22. The van der Waals surface area contributed by atoms with Gasteiger partial charge in [0.2, 0.25) is 0 Å². The standard InChI is InChI=1S/C20H14O2/c21-15-9-10-16(22)20-18-12-6-2-1-5-11(12)17(19(15)20)13-7-3-4-8-14(13)18/h1-10,17-20H/t17?,18?,19-,20-/m0/s1. The Hall–Kier alpha value is -2.48. The molecule has 2 bridgehead atoms. The van der Waals surface area contributed by atoms with Crippen molar-refractivity contribution in [2.45, 2.75) is 11.8 Å². The minimum atomic E-state index is -0.229. The topological polar surface area (TPSA) is 34.1 Å². The lowest BCUT2D eigenvalue weighted by Crippen LogP contribution is -2.47. The summed E-state index contributed by atoms with van der Waals surface area (Å²) in [6.07, 6.45) is 2.96. The third kappa shape index (κ3) is 1.31. The molecular formula is C20H14O2. The van der Waals surface area contributed by atoms with Crippen LogP contribution in [0, 0.1) is 11.8 Å². The molecule has 0 saturated heterocycles. The van der Waals surface area contributed by atoms with Gasteiger partial charge in [-0.1, -0.05) is 48.5 Å². The van der Waals surface area contributed by atoms with Crippen molar-refractivity contribution in [1.29, 1.82) is 0 Å². The minimum absolute atomic E-state index is 0.0174. The fourth-order valence-corrected chi connectivity index (χ4v) is 4.75. The Morgan fingerprint density at radius 2 is 0.864 bits per heavy atom. The SMILES string of the molecule is O=C1C=CC(=O)[C@H]2C3c4ccccc4C(c4ccccc43)[C@H]12. The van der Waals surface area contributed by atoms with Gasteiger partial charge < -0.3 is 0 Å². The number of benzene rings is 2. The van der Waals surface area contributed by atoms with Gasteiger partial charge in [0.05, 0.1) is 0 Å². The van der Waals surface area contributed by atoms with Gasteiger partial charge in [-0.3, -0.25) is 9.59 Å². The molecule has 0 radical (unpaired) electrons. The second-order valence-electron chi connectivity index (χ2n) is 6.40. The number of hydrogen-bond donors (Lipinski definition) is 0. The first kappa shape index (κ1) is 12.1. The lowest BCUT2D eigenvalue weighted by Gasteiger charge is -2.49. The van der Waals surface area contributed by atoms with Crippen molar-refractivity contribution in [2.24, 2.45) is 11.8 Å². The fraction of sp³-hybridized carbons (Fsp3) is 0.200. The Kier molecular flexibility index (Phi) is 2.22. The van der Waals surface area contributed by atoms with E-state index in [4.69, 9.17) is 0 Å². The van der Waals surface area contributed by atoms with Crippen molar-refractivity contribution in [3.8, 4) is 0 Å². The molecule has 2 heteroatoms. The highest BCUT2D eigenvalue weighted by molar-refractivity contribution is 6.09. The summed E-state index contributed by atoms with van der Waals surface area (Å²) in [5, 5.41) is 0. The molecule has 6 rings (SSSR count). The average molecular weight is 286 g/mol. The Morgan fingerprint density at radius 3 is 1.18 bits per heavy atom. The lowest BCUT2D eigenvalue weighted by atomic mass is 9.51. The molecule has 106 valence electrons. The summed E-state index contributed by atoms with van der Waals surface area (Å²) in [4.78, 5) is 25.1. The highest BCUT2D eigenvalue weighted by atomic mass is 16.1. The Balaban J connectivity index is 1.87. The molecule has 0 unspecified atom stereocenters. The maximum atomic E-state index is 12.5. The second kappa shape index (κ2) is 4.04. The van der Waals surface area contributed by atoms with E-state index >= 15 is 0 Å². The summed E-state index contributed by atoms with van der Waals surface area (Å²) >= 11 is 0. The summed E-state index contributed by atoms with van der Waals surface area (Å²) in [5.74, 6) is -0.223. The van der Waals surface area contributed by atoms with Crippen LogP contribution in [0.1, 0.15) is 34.1 Å². The van der Waals surface area contributed by atoms with E-state index in [9.17, 15) is 9.59 Å². The molecule has 0 amide bonds. The van der Waals surface area contributed by atoms with Gasteiger partial charge >= 0.3 is 0 Å². The molecule has 22 heavy (non-hydrogen) atoms. The van der Waals surface area contributed by atoms with E-state index in [2.05, 4.69) is 24.3 Å². The van der Waals surface area contributed by atoms with Crippen LogP contribution in [0.25, 0.3) is 0 Å². The highest BCUT2D eigenvalue weighted by Crippen LogP contribution is 2.59. The van der Waals surface area contributed by atoms with Crippen molar-refractivity contribution in [3.05, 3.63) is 82.9 Å². The van der Waals surface area contributed by atoms with Gasteiger partial charge in [0.25, 0.3) is 0 Å². The Bertz CT molecular complexity index is 744. The largest absolute Gasteiger partial charge is 0.294 e. The predicted molar refractivity (Wildman–Crippen MR) is 82.7 cm³/mol. The molecule has 2 aromatic rings. The monoisotopic (exact) mass is 286 g/mol. The summed E-state index contributed by atoms with van der Waals surface area (Å²) in [6, 6.07) is 16.6. The first-order valence-corrected chi connectivity index (χ1v) is 7.71. The second-order valence-corrected chi connectivity index (χ2v) is 6.40. The highest BCUT2D eigenvalue weighted by Gasteiger charge is 2.54. The smallest absolute Gasteiger partial charge is 0.160 e. The molecule has 0 N–H and O–H groups in total. The zero-order valence-electron chi connectivity index (χ0n) is 11.9. The maximum absolute atomic E-state index is 12.5. The zero-order chi connectivity index (χ0) is 14.8. The van der Waals surface area contributed by atoms with Crippen LogP contribution in [0.2, 0.25) is 0 Å². The summed E-state index contributed by atoms with van der Waals surface area (Å²) in [5.41, 5.74) is 4.90. The van der Waals surface area contributed by atoms with Gasteiger partial charge in [-0.25, -0.2) is 0 Å². The van der Waals surface area contributed by atoms with Crippen LogP contribution in [0.4, 0.5) is 0 Å². The quantitative estimate of drug-likeness (QED) is 0.745. The van der Waals surface area contributed by atoms with Gasteiger partial charge in [-0.2, -0.15) is 0 Å². The Morgan fingerprint density at radius 1 is 0.545 bits per heavy atom. The molecule has 0 heterocycles.